The van der Waals surface area contributed by atoms with Crippen molar-refractivity contribution in [2.24, 2.45) is 5.92 Å². The van der Waals surface area contributed by atoms with Gasteiger partial charge in [0.2, 0.25) is 11.8 Å². The summed E-state index contributed by atoms with van der Waals surface area (Å²) < 4.78 is 1.91. The number of piperazine rings is 1. The van der Waals surface area contributed by atoms with Crippen LogP contribution in [0.4, 0.5) is 0 Å². The third-order valence-electron chi connectivity index (χ3n) is 6.42. The van der Waals surface area contributed by atoms with Crippen LogP contribution in [0.3, 0.4) is 0 Å². The summed E-state index contributed by atoms with van der Waals surface area (Å²) in [4.78, 5) is 29.4. The Morgan fingerprint density at radius 2 is 1.59 bits per heavy atom. The normalized spacial score (nSPS) is 17.7. The highest BCUT2D eigenvalue weighted by Crippen LogP contribution is 2.27. The number of benzene rings is 1. The number of para-hydroxylation sites is 1. The molecule has 2 heterocycles. The summed E-state index contributed by atoms with van der Waals surface area (Å²) >= 11 is 0. The highest BCUT2D eigenvalue weighted by molar-refractivity contribution is 5.81. The van der Waals surface area contributed by atoms with E-state index in [9.17, 15) is 9.59 Å². The van der Waals surface area contributed by atoms with E-state index in [0.717, 1.165) is 35.5 Å². The van der Waals surface area contributed by atoms with Crippen LogP contribution in [0.1, 0.15) is 42.6 Å². The van der Waals surface area contributed by atoms with Crippen LogP contribution in [0, 0.1) is 19.8 Å². The topological polar surface area (TPSA) is 58.4 Å². The molecule has 1 aromatic heterocycles. The van der Waals surface area contributed by atoms with Gasteiger partial charge >= 0.3 is 0 Å². The minimum absolute atomic E-state index is 0.122. The van der Waals surface area contributed by atoms with Crippen LogP contribution >= 0.6 is 0 Å². The first-order valence-corrected chi connectivity index (χ1v) is 10.7. The molecule has 0 bridgehead atoms. The maximum Gasteiger partial charge on any atom is 0.227 e. The second-order valence-corrected chi connectivity index (χ2v) is 8.26. The third kappa shape index (κ3) is 4.07. The Hall–Kier alpha value is -2.63. The Bertz CT molecular complexity index is 876. The van der Waals surface area contributed by atoms with Gasteiger partial charge in [-0.15, -0.1) is 0 Å². The number of carbonyl (C=O) groups excluding carboxylic acids is 2. The first-order valence-electron chi connectivity index (χ1n) is 10.7. The third-order valence-corrected chi connectivity index (χ3v) is 6.42. The minimum Gasteiger partial charge on any atom is -0.339 e. The molecule has 2 amide bonds. The van der Waals surface area contributed by atoms with Gasteiger partial charge in [0.05, 0.1) is 17.8 Å². The Balaban J connectivity index is 1.38. The molecule has 2 aliphatic rings. The van der Waals surface area contributed by atoms with Gasteiger partial charge in [-0.25, -0.2) is 4.68 Å². The molecule has 154 valence electrons. The summed E-state index contributed by atoms with van der Waals surface area (Å²) in [5, 5.41) is 4.65. The monoisotopic (exact) mass is 394 g/mol. The lowest BCUT2D eigenvalue weighted by Gasteiger charge is -2.36. The summed E-state index contributed by atoms with van der Waals surface area (Å²) in [6.07, 6.45) is 4.76. The fourth-order valence-corrected chi connectivity index (χ4v) is 4.62. The van der Waals surface area contributed by atoms with Crippen molar-refractivity contribution in [3.8, 4) is 5.69 Å². The van der Waals surface area contributed by atoms with Gasteiger partial charge in [-0.1, -0.05) is 31.0 Å². The molecular weight excluding hydrogens is 364 g/mol. The first kappa shape index (κ1) is 19.7. The van der Waals surface area contributed by atoms with E-state index in [0.29, 0.717) is 38.5 Å². The number of aryl methyl sites for hydroxylation is 1. The van der Waals surface area contributed by atoms with Gasteiger partial charge in [0.15, 0.2) is 0 Å². The Kier molecular flexibility index (Phi) is 5.69. The van der Waals surface area contributed by atoms with Crippen molar-refractivity contribution in [1.82, 2.24) is 19.6 Å². The van der Waals surface area contributed by atoms with Crippen LogP contribution in [-0.4, -0.2) is 57.6 Å². The van der Waals surface area contributed by atoms with Crippen LogP contribution in [0.25, 0.3) is 5.69 Å². The number of nitrogens with zero attached hydrogens (tertiary/aromatic N) is 4. The predicted molar refractivity (Wildman–Crippen MR) is 112 cm³/mol. The number of hydrogen-bond donors (Lipinski definition) is 0. The number of hydrogen-bond acceptors (Lipinski definition) is 3. The average molecular weight is 395 g/mol. The largest absolute Gasteiger partial charge is 0.339 e. The second kappa shape index (κ2) is 8.39. The molecule has 2 fully saturated rings. The van der Waals surface area contributed by atoms with Gasteiger partial charge in [0, 0.05) is 43.4 Å². The van der Waals surface area contributed by atoms with Gasteiger partial charge < -0.3 is 9.80 Å². The predicted octanol–water partition coefficient (Wildman–Crippen LogP) is 2.89. The van der Waals surface area contributed by atoms with Crippen LogP contribution in [0.5, 0.6) is 0 Å². The summed E-state index contributed by atoms with van der Waals surface area (Å²) in [5.74, 6) is 0.633. The summed E-state index contributed by atoms with van der Waals surface area (Å²) in [6.45, 7) is 6.55. The van der Waals surface area contributed by atoms with Crippen molar-refractivity contribution in [2.75, 3.05) is 26.2 Å². The summed E-state index contributed by atoms with van der Waals surface area (Å²) in [6, 6.07) is 10.00. The molecule has 1 aromatic carbocycles. The maximum absolute atomic E-state index is 12.9. The Morgan fingerprint density at radius 3 is 2.24 bits per heavy atom. The van der Waals surface area contributed by atoms with Gasteiger partial charge in [-0.3, -0.25) is 9.59 Å². The molecule has 0 N–H and O–H groups in total. The van der Waals surface area contributed by atoms with Gasteiger partial charge in [0.25, 0.3) is 0 Å². The van der Waals surface area contributed by atoms with E-state index < -0.39 is 0 Å². The smallest absolute Gasteiger partial charge is 0.227 e. The molecule has 6 heteroatoms. The SMILES string of the molecule is Cc1nn(-c2ccccc2)c(C)c1CC(=O)N1CCN(C(=O)C2CCCC2)CC1. The Morgan fingerprint density at radius 1 is 0.966 bits per heavy atom. The van der Waals surface area contributed by atoms with E-state index in [2.05, 4.69) is 5.10 Å². The lowest BCUT2D eigenvalue weighted by Crippen LogP contribution is -2.52. The van der Waals surface area contributed by atoms with E-state index in [1.807, 2.05) is 58.7 Å². The van der Waals surface area contributed by atoms with Crippen LogP contribution < -0.4 is 0 Å². The zero-order chi connectivity index (χ0) is 20.4. The molecule has 1 aliphatic carbocycles. The number of amides is 2. The fourth-order valence-electron chi connectivity index (χ4n) is 4.62. The van der Waals surface area contributed by atoms with Crippen molar-refractivity contribution in [3.63, 3.8) is 0 Å². The van der Waals surface area contributed by atoms with E-state index >= 15 is 0 Å². The van der Waals surface area contributed by atoms with Gasteiger partial charge in [-0.05, 0) is 38.8 Å². The van der Waals surface area contributed by atoms with Gasteiger partial charge in [0.1, 0.15) is 0 Å². The van der Waals surface area contributed by atoms with Crippen molar-refractivity contribution in [3.05, 3.63) is 47.3 Å². The van der Waals surface area contributed by atoms with Crippen LogP contribution in [-0.2, 0) is 16.0 Å². The van der Waals surface area contributed by atoms with E-state index in [-0.39, 0.29) is 11.8 Å². The van der Waals surface area contributed by atoms with Crippen molar-refractivity contribution < 1.29 is 9.59 Å². The van der Waals surface area contributed by atoms with E-state index in [1.54, 1.807) is 0 Å². The standard InChI is InChI=1S/C23H30N4O2/c1-17-21(18(2)27(24-17)20-10-4-3-5-11-20)16-22(28)25-12-14-26(15-13-25)23(29)19-8-6-7-9-19/h3-5,10-11,19H,6-9,12-16H2,1-2H3. The highest BCUT2D eigenvalue weighted by Gasteiger charge is 2.30. The minimum atomic E-state index is 0.122. The van der Waals surface area contributed by atoms with Crippen molar-refractivity contribution in [1.29, 1.82) is 0 Å². The van der Waals surface area contributed by atoms with Crippen LogP contribution in [0.15, 0.2) is 30.3 Å². The number of carbonyl (C=O) groups is 2. The zero-order valence-corrected chi connectivity index (χ0v) is 17.4. The second-order valence-electron chi connectivity index (χ2n) is 8.26. The quantitative estimate of drug-likeness (QED) is 0.801. The molecule has 4 rings (SSSR count). The first-order chi connectivity index (χ1) is 14.0. The summed E-state index contributed by atoms with van der Waals surface area (Å²) in [5.41, 5.74) is 3.92. The lowest BCUT2D eigenvalue weighted by atomic mass is 10.1. The number of aromatic nitrogens is 2. The fraction of sp³-hybridized carbons (Fsp3) is 0.522. The molecule has 1 saturated carbocycles. The van der Waals surface area contributed by atoms with Gasteiger partial charge in [-0.2, -0.15) is 5.10 Å². The molecule has 2 aromatic rings. The lowest BCUT2D eigenvalue weighted by molar-refractivity contribution is -0.141. The van der Waals surface area contributed by atoms with Crippen molar-refractivity contribution in [2.45, 2.75) is 46.0 Å². The molecule has 0 radical (unpaired) electrons. The number of rotatable bonds is 4. The van der Waals surface area contributed by atoms with E-state index in [4.69, 9.17) is 0 Å². The molecule has 0 atom stereocenters. The Labute approximate surface area is 172 Å². The van der Waals surface area contributed by atoms with E-state index in [1.165, 1.54) is 12.8 Å². The highest BCUT2D eigenvalue weighted by atomic mass is 16.2. The maximum atomic E-state index is 12.9. The molecular formula is C23H30N4O2. The molecule has 1 saturated heterocycles. The molecule has 29 heavy (non-hydrogen) atoms. The molecule has 0 spiro atoms. The molecule has 6 nitrogen and oxygen atoms in total. The molecule has 0 unspecified atom stereocenters. The average Bonchev–Trinajstić information content (AvgIpc) is 3.38. The molecule has 1 aliphatic heterocycles. The summed E-state index contributed by atoms with van der Waals surface area (Å²) in [7, 11) is 0. The zero-order valence-electron chi connectivity index (χ0n) is 17.4. The van der Waals surface area contributed by atoms with Crippen molar-refractivity contribution >= 4 is 11.8 Å². The van der Waals surface area contributed by atoms with Crippen LogP contribution in [0.2, 0.25) is 0 Å².